The molecule has 0 aromatic carbocycles. The highest BCUT2D eigenvalue weighted by Gasteiger charge is 2.15. The topological polar surface area (TPSA) is 76.2 Å². The van der Waals surface area contributed by atoms with Gasteiger partial charge in [0.2, 0.25) is 0 Å². The van der Waals surface area contributed by atoms with E-state index >= 15 is 0 Å². The summed E-state index contributed by atoms with van der Waals surface area (Å²) in [6, 6.07) is 1.07. The molecule has 0 spiro atoms. The van der Waals surface area contributed by atoms with Crippen molar-refractivity contribution in [3.05, 3.63) is 22.9 Å². The van der Waals surface area contributed by atoms with Crippen LogP contribution in [0.5, 0.6) is 0 Å². The molecule has 0 bridgehead atoms. The largest absolute Gasteiger partial charge is 0.481 e. The predicted molar refractivity (Wildman–Crippen MR) is 49.7 cm³/mol. The van der Waals surface area contributed by atoms with Gasteiger partial charge in [-0.25, -0.2) is 13.8 Å². The molecule has 0 saturated carbocycles. The van der Waals surface area contributed by atoms with Crippen LogP contribution in [0.15, 0.2) is 6.07 Å². The van der Waals surface area contributed by atoms with Crippen LogP contribution < -0.4 is 5.73 Å². The first kappa shape index (κ1) is 11.4. The Balaban J connectivity index is 3.17. The van der Waals surface area contributed by atoms with E-state index in [0.717, 1.165) is 6.07 Å². The van der Waals surface area contributed by atoms with Crippen LogP contribution in [0.4, 0.5) is 14.6 Å². The molecule has 0 aliphatic rings. The number of anilines is 1. The van der Waals surface area contributed by atoms with E-state index in [1.165, 1.54) is 6.92 Å². The van der Waals surface area contributed by atoms with E-state index in [4.69, 9.17) is 10.8 Å². The van der Waals surface area contributed by atoms with Gasteiger partial charge in [-0.1, -0.05) is 0 Å². The zero-order valence-corrected chi connectivity index (χ0v) is 8.00. The van der Waals surface area contributed by atoms with Crippen molar-refractivity contribution in [3.63, 3.8) is 0 Å². The minimum atomic E-state index is -2.68. The number of nitrogens with zero attached hydrogens (tertiary/aromatic N) is 1. The van der Waals surface area contributed by atoms with Crippen molar-refractivity contribution in [2.75, 3.05) is 5.73 Å². The van der Waals surface area contributed by atoms with Gasteiger partial charge >= 0.3 is 5.97 Å². The molecular formula is C9H10F2N2O2. The molecule has 0 fully saturated rings. The predicted octanol–water partition coefficient (Wildman–Crippen LogP) is 1.54. The number of nitrogen functional groups attached to an aromatic ring is 1. The summed E-state index contributed by atoms with van der Waals surface area (Å²) in [6.07, 6.45) is -3.09. The molecular weight excluding hydrogens is 206 g/mol. The van der Waals surface area contributed by atoms with Crippen LogP contribution in [-0.4, -0.2) is 16.1 Å². The van der Waals surface area contributed by atoms with E-state index in [1.807, 2.05) is 0 Å². The molecule has 82 valence electrons. The Kier molecular flexibility index (Phi) is 3.18. The van der Waals surface area contributed by atoms with E-state index in [1.54, 1.807) is 0 Å². The lowest BCUT2D eigenvalue weighted by molar-refractivity contribution is -0.136. The highest BCUT2D eigenvalue weighted by Crippen LogP contribution is 2.26. The molecule has 0 unspecified atom stereocenters. The SMILES string of the molecule is Cc1c(C(F)F)cc(CC(=O)O)nc1N. The lowest BCUT2D eigenvalue weighted by atomic mass is 10.1. The quantitative estimate of drug-likeness (QED) is 0.803. The highest BCUT2D eigenvalue weighted by atomic mass is 19.3. The maximum atomic E-state index is 12.5. The minimum Gasteiger partial charge on any atom is -0.481 e. The standard InChI is InChI=1S/C9H10F2N2O2/c1-4-6(8(10)11)2-5(3-7(14)15)13-9(4)12/h2,8H,3H2,1H3,(H2,12,13)(H,14,15). The molecule has 0 amide bonds. The second-order valence-electron chi connectivity index (χ2n) is 3.08. The summed E-state index contributed by atoms with van der Waals surface area (Å²) in [5.74, 6) is -1.19. The molecule has 0 atom stereocenters. The van der Waals surface area contributed by atoms with E-state index in [-0.39, 0.29) is 22.6 Å². The molecule has 6 heteroatoms. The molecule has 1 heterocycles. The van der Waals surface area contributed by atoms with Crippen molar-refractivity contribution < 1.29 is 18.7 Å². The number of aromatic nitrogens is 1. The van der Waals surface area contributed by atoms with Crippen LogP contribution >= 0.6 is 0 Å². The maximum absolute atomic E-state index is 12.5. The summed E-state index contributed by atoms with van der Waals surface area (Å²) in [5, 5.41) is 8.49. The fraction of sp³-hybridized carbons (Fsp3) is 0.333. The van der Waals surface area contributed by atoms with E-state index in [2.05, 4.69) is 4.98 Å². The average molecular weight is 216 g/mol. The van der Waals surface area contributed by atoms with Gasteiger partial charge in [0.05, 0.1) is 12.1 Å². The average Bonchev–Trinajstić information content (AvgIpc) is 2.09. The van der Waals surface area contributed by atoms with Crippen molar-refractivity contribution in [1.82, 2.24) is 4.98 Å². The number of hydrogen-bond donors (Lipinski definition) is 2. The number of carboxylic acids is 1. The Bertz CT molecular complexity index is 394. The summed E-state index contributed by atoms with van der Waals surface area (Å²) < 4.78 is 25.0. The van der Waals surface area contributed by atoms with Gasteiger partial charge in [-0.15, -0.1) is 0 Å². The van der Waals surface area contributed by atoms with E-state index < -0.39 is 18.8 Å². The number of pyridine rings is 1. The lowest BCUT2D eigenvalue weighted by Crippen LogP contribution is -2.07. The fourth-order valence-electron chi connectivity index (χ4n) is 1.18. The van der Waals surface area contributed by atoms with Gasteiger partial charge in [0, 0.05) is 11.1 Å². The van der Waals surface area contributed by atoms with Gasteiger partial charge in [0.15, 0.2) is 0 Å². The van der Waals surface area contributed by atoms with Crippen LogP contribution in [0.25, 0.3) is 0 Å². The molecule has 1 aromatic rings. The summed E-state index contributed by atoms with van der Waals surface area (Å²) >= 11 is 0. The Labute approximate surface area is 84.7 Å². The lowest BCUT2D eigenvalue weighted by Gasteiger charge is -2.09. The van der Waals surface area contributed by atoms with Gasteiger partial charge in [0.25, 0.3) is 6.43 Å². The number of aliphatic carboxylic acids is 1. The van der Waals surface area contributed by atoms with Crippen LogP contribution in [0, 0.1) is 6.92 Å². The first-order chi connectivity index (χ1) is 6.91. The Morgan fingerprint density at radius 3 is 2.73 bits per heavy atom. The van der Waals surface area contributed by atoms with Crippen molar-refractivity contribution >= 4 is 11.8 Å². The second-order valence-corrected chi connectivity index (χ2v) is 3.08. The Morgan fingerprint density at radius 1 is 1.67 bits per heavy atom. The monoisotopic (exact) mass is 216 g/mol. The fourth-order valence-corrected chi connectivity index (χ4v) is 1.18. The molecule has 4 nitrogen and oxygen atoms in total. The number of carbonyl (C=O) groups is 1. The molecule has 0 aliphatic heterocycles. The highest BCUT2D eigenvalue weighted by molar-refractivity contribution is 5.70. The third-order valence-corrected chi connectivity index (χ3v) is 1.97. The maximum Gasteiger partial charge on any atom is 0.309 e. The van der Waals surface area contributed by atoms with Crippen molar-refractivity contribution in [3.8, 4) is 0 Å². The number of carboxylic acid groups (broad SMARTS) is 1. The first-order valence-corrected chi connectivity index (χ1v) is 4.17. The molecule has 3 N–H and O–H groups in total. The van der Waals surface area contributed by atoms with E-state index in [9.17, 15) is 13.6 Å². The zero-order chi connectivity index (χ0) is 11.6. The summed E-state index contributed by atoms with van der Waals surface area (Å²) in [5.41, 5.74) is 5.37. The third-order valence-electron chi connectivity index (χ3n) is 1.97. The van der Waals surface area contributed by atoms with Crippen LogP contribution in [0.1, 0.15) is 23.2 Å². The van der Waals surface area contributed by atoms with Gasteiger partial charge in [-0.05, 0) is 13.0 Å². The number of hydrogen-bond acceptors (Lipinski definition) is 3. The van der Waals surface area contributed by atoms with Crippen molar-refractivity contribution in [2.24, 2.45) is 0 Å². The van der Waals surface area contributed by atoms with Crippen LogP contribution in [-0.2, 0) is 11.2 Å². The number of halogens is 2. The molecule has 0 aliphatic carbocycles. The molecule has 0 saturated heterocycles. The normalized spacial score (nSPS) is 10.7. The van der Waals surface area contributed by atoms with Crippen LogP contribution in [0.2, 0.25) is 0 Å². The van der Waals surface area contributed by atoms with E-state index in [0.29, 0.717) is 0 Å². The molecule has 1 aromatic heterocycles. The van der Waals surface area contributed by atoms with Crippen LogP contribution in [0.3, 0.4) is 0 Å². The number of alkyl halides is 2. The molecule has 15 heavy (non-hydrogen) atoms. The van der Waals surface area contributed by atoms with Gasteiger partial charge < -0.3 is 10.8 Å². The van der Waals surface area contributed by atoms with Crippen molar-refractivity contribution in [2.45, 2.75) is 19.8 Å². The number of rotatable bonds is 3. The minimum absolute atomic E-state index is 0.0425. The first-order valence-electron chi connectivity index (χ1n) is 4.17. The zero-order valence-electron chi connectivity index (χ0n) is 8.00. The molecule has 1 rings (SSSR count). The third kappa shape index (κ3) is 2.61. The van der Waals surface area contributed by atoms with Crippen molar-refractivity contribution in [1.29, 1.82) is 0 Å². The van der Waals surface area contributed by atoms with Gasteiger partial charge in [0.1, 0.15) is 5.82 Å². The molecule has 0 radical (unpaired) electrons. The second kappa shape index (κ2) is 4.20. The smallest absolute Gasteiger partial charge is 0.309 e. The number of nitrogens with two attached hydrogens (primary N) is 1. The summed E-state index contributed by atoms with van der Waals surface area (Å²) in [6.45, 7) is 1.42. The Morgan fingerprint density at radius 2 is 2.27 bits per heavy atom. The Hall–Kier alpha value is -1.72. The van der Waals surface area contributed by atoms with Gasteiger partial charge in [-0.3, -0.25) is 4.79 Å². The summed E-state index contributed by atoms with van der Waals surface area (Å²) in [7, 11) is 0. The summed E-state index contributed by atoms with van der Waals surface area (Å²) in [4.78, 5) is 14.1. The van der Waals surface area contributed by atoms with Gasteiger partial charge in [-0.2, -0.15) is 0 Å².